The molecule has 0 unspecified atom stereocenters. The Morgan fingerprint density at radius 1 is 1.47 bits per heavy atom. The molecule has 0 saturated heterocycles. The third-order valence-electron chi connectivity index (χ3n) is 2.33. The molecule has 0 atom stereocenters. The second-order valence-corrected chi connectivity index (χ2v) is 4.43. The largest absolute Gasteiger partial charge is 0.494 e. The van der Waals surface area contributed by atoms with Crippen LogP contribution >= 0.6 is 11.3 Å². The number of benzene rings is 1. The van der Waals surface area contributed by atoms with Crippen LogP contribution in [-0.4, -0.2) is 12.1 Å². The summed E-state index contributed by atoms with van der Waals surface area (Å²) in [6.45, 7) is 1.84. The van der Waals surface area contributed by atoms with E-state index in [0.717, 1.165) is 15.7 Å². The summed E-state index contributed by atoms with van der Waals surface area (Å²) in [5.41, 5.74) is 4.06. The quantitative estimate of drug-likeness (QED) is 0.652. The molecule has 0 aliphatic carbocycles. The first-order valence-corrected chi connectivity index (χ1v) is 5.75. The van der Waals surface area contributed by atoms with Crippen LogP contribution in [0.4, 0.5) is 9.39 Å². The summed E-state index contributed by atoms with van der Waals surface area (Å²) in [6.07, 6.45) is 0. The predicted octanol–water partition coefficient (Wildman–Crippen LogP) is 2.55. The number of hydrogen-bond donors (Lipinski definition) is 2. The van der Waals surface area contributed by atoms with E-state index in [2.05, 4.69) is 10.4 Å². The van der Waals surface area contributed by atoms with Crippen molar-refractivity contribution in [2.75, 3.05) is 12.5 Å². The van der Waals surface area contributed by atoms with Crippen LogP contribution in [0.2, 0.25) is 0 Å². The van der Waals surface area contributed by atoms with Gasteiger partial charge in [0.25, 0.3) is 0 Å². The minimum Gasteiger partial charge on any atom is -0.494 e. The van der Waals surface area contributed by atoms with Crippen LogP contribution in [0.15, 0.2) is 18.2 Å². The van der Waals surface area contributed by atoms with E-state index >= 15 is 0 Å². The fraction of sp³-hybridized carbons (Fsp3) is 0.182. The van der Waals surface area contributed by atoms with Crippen LogP contribution in [0.3, 0.4) is 0 Å². The van der Waals surface area contributed by atoms with Gasteiger partial charge in [0.05, 0.1) is 12.8 Å². The van der Waals surface area contributed by atoms with Crippen LogP contribution in [0.5, 0.6) is 5.75 Å². The number of aryl methyl sites for hydroxylation is 1. The molecular weight excluding hydrogens is 241 g/mol. The number of rotatable bonds is 3. The summed E-state index contributed by atoms with van der Waals surface area (Å²) in [6, 6.07) is 4.74. The molecule has 1 aromatic carbocycles. The molecule has 0 spiro atoms. The van der Waals surface area contributed by atoms with E-state index in [4.69, 9.17) is 10.6 Å². The first kappa shape index (κ1) is 11.8. The number of halogens is 1. The van der Waals surface area contributed by atoms with Gasteiger partial charge in [0.1, 0.15) is 10.0 Å². The van der Waals surface area contributed by atoms with Crippen molar-refractivity contribution in [3.05, 3.63) is 29.7 Å². The summed E-state index contributed by atoms with van der Waals surface area (Å²) in [4.78, 5) is 4.32. The number of nitrogen functional groups attached to an aromatic ring is 1. The van der Waals surface area contributed by atoms with E-state index < -0.39 is 5.82 Å². The van der Waals surface area contributed by atoms with Crippen molar-refractivity contribution in [3.8, 4) is 16.3 Å². The molecule has 90 valence electrons. The summed E-state index contributed by atoms with van der Waals surface area (Å²) < 4.78 is 18.4. The van der Waals surface area contributed by atoms with E-state index in [9.17, 15) is 4.39 Å². The molecule has 4 nitrogen and oxygen atoms in total. The molecule has 1 heterocycles. The Kier molecular flexibility index (Phi) is 3.26. The lowest BCUT2D eigenvalue weighted by Crippen LogP contribution is -2.05. The SMILES string of the molecule is COc1ccc(-c2nc(C)c(NN)s2)cc1F. The summed E-state index contributed by atoms with van der Waals surface area (Å²) in [7, 11) is 1.43. The van der Waals surface area contributed by atoms with Gasteiger partial charge in [0.15, 0.2) is 11.6 Å². The van der Waals surface area contributed by atoms with Gasteiger partial charge >= 0.3 is 0 Å². The zero-order valence-electron chi connectivity index (χ0n) is 9.45. The Labute approximate surface area is 102 Å². The van der Waals surface area contributed by atoms with E-state index in [1.54, 1.807) is 12.1 Å². The molecule has 0 bridgehead atoms. The van der Waals surface area contributed by atoms with Crippen molar-refractivity contribution in [2.45, 2.75) is 6.92 Å². The van der Waals surface area contributed by atoms with Gasteiger partial charge in [-0.25, -0.2) is 15.2 Å². The van der Waals surface area contributed by atoms with Crippen molar-refractivity contribution >= 4 is 16.3 Å². The second kappa shape index (κ2) is 4.68. The Balaban J connectivity index is 2.42. The van der Waals surface area contributed by atoms with E-state index in [1.165, 1.54) is 24.5 Å². The normalized spacial score (nSPS) is 10.4. The number of hydrogen-bond acceptors (Lipinski definition) is 5. The molecule has 0 aliphatic rings. The average molecular weight is 253 g/mol. The fourth-order valence-corrected chi connectivity index (χ4v) is 2.33. The third kappa shape index (κ3) is 2.22. The molecule has 0 fully saturated rings. The lowest BCUT2D eigenvalue weighted by molar-refractivity contribution is 0.386. The zero-order valence-corrected chi connectivity index (χ0v) is 10.3. The van der Waals surface area contributed by atoms with Gasteiger partial charge in [-0.15, -0.1) is 0 Å². The van der Waals surface area contributed by atoms with Crippen molar-refractivity contribution in [3.63, 3.8) is 0 Å². The van der Waals surface area contributed by atoms with Gasteiger partial charge < -0.3 is 10.2 Å². The van der Waals surface area contributed by atoms with Crippen LogP contribution in [-0.2, 0) is 0 Å². The number of nitrogens with two attached hydrogens (primary N) is 1. The van der Waals surface area contributed by atoms with Gasteiger partial charge in [-0.1, -0.05) is 11.3 Å². The Morgan fingerprint density at radius 2 is 2.24 bits per heavy atom. The Hall–Kier alpha value is -1.66. The molecule has 0 amide bonds. The van der Waals surface area contributed by atoms with Gasteiger partial charge in [0, 0.05) is 5.56 Å². The minimum absolute atomic E-state index is 0.221. The van der Waals surface area contributed by atoms with Gasteiger partial charge in [-0.2, -0.15) is 0 Å². The summed E-state index contributed by atoms with van der Waals surface area (Å²) in [5, 5.41) is 1.49. The molecule has 6 heteroatoms. The number of aromatic nitrogens is 1. The molecule has 2 aromatic rings. The van der Waals surface area contributed by atoms with E-state index in [0.29, 0.717) is 5.56 Å². The molecule has 17 heavy (non-hydrogen) atoms. The highest BCUT2D eigenvalue weighted by Gasteiger charge is 2.11. The van der Waals surface area contributed by atoms with Crippen LogP contribution in [0.1, 0.15) is 5.69 Å². The molecule has 2 rings (SSSR count). The van der Waals surface area contributed by atoms with Crippen molar-refractivity contribution in [1.29, 1.82) is 0 Å². The first-order valence-electron chi connectivity index (χ1n) is 4.93. The van der Waals surface area contributed by atoms with Crippen molar-refractivity contribution in [1.82, 2.24) is 4.98 Å². The monoisotopic (exact) mass is 253 g/mol. The number of anilines is 1. The lowest BCUT2D eigenvalue weighted by atomic mass is 10.2. The molecule has 1 aromatic heterocycles. The molecule has 3 N–H and O–H groups in total. The predicted molar refractivity (Wildman–Crippen MR) is 66.6 cm³/mol. The molecule has 0 aliphatic heterocycles. The van der Waals surface area contributed by atoms with E-state index in [1.807, 2.05) is 6.92 Å². The Morgan fingerprint density at radius 3 is 2.76 bits per heavy atom. The lowest BCUT2D eigenvalue weighted by Gasteiger charge is -2.02. The zero-order chi connectivity index (χ0) is 12.4. The highest BCUT2D eigenvalue weighted by atomic mass is 32.1. The third-order valence-corrected chi connectivity index (χ3v) is 3.46. The highest BCUT2D eigenvalue weighted by Crippen LogP contribution is 2.32. The minimum atomic E-state index is -0.403. The summed E-state index contributed by atoms with van der Waals surface area (Å²) >= 11 is 1.38. The maximum absolute atomic E-state index is 13.5. The fourth-order valence-electron chi connectivity index (χ4n) is 1.45. The number of nitrogens with one attached hydrogen (secondary N) is 1. The number of methoxy groups -OCH3 is 1. The number of ether oxygens (including phenoxy) is 1. The standard InChI is InChI=1S/C11H12FN3OS/c1-6-10(15-13)17-11(14-6)7-3-4-9(16-2)8(12)5-7/h3-5,15H,13H2,1-2H3. The van der Waals surface area contributed by atoms with Gasteiger partial charge in [-0.05, 0) is 25.1 Å². The number of nitrogens with zero attached hydrogens (tertiary/aromatic N) is 1. The van der Waals surface area contributed by atoms with Crippen molar-refractivity contribution < 1.29 is 9.13 Å². The van der Waals surface area contributed by atoms with Crippen LogP contribution < -0.4 is 16.0 Å². The highest BCUT2D eigenvalue weighted by molar-refractivity contribution is 7.19. The molecular formula is C11H12FN3OS. The topological polar surface area (TPSA) is 60.2 Å². The molecule has 0 radical (unpaired) electrons. The van der Waals surface area contributed by atoms with E-state index in [-0.39, 0.29) is 5.75 Å². The van der Waals surface area contributed by atoms with Gasteiger partial charge in [-0.3, -0.25) is 0 Å². The molecule has 0 saturated carbocycles. The number of thiazole rings is 1. The second-order valence-electron chi connectivity index (χ2n) is 3.43. The van der Waals surface area contributed by atoms with Gasteiger partial charge in [0.2, 0.25) is 0 Å². The maximum Gasteiger partial charge on any atom is 0.165 e. The smallest absolute Gasteiger partial charge is 0.165 e. The Bertz CT molecular complexity index is 542. The maximum atomic E-state index is 13.5. The number of hydrazine groups is 1. The average Bonchev–Trinajstić information content (AvgIpc) is 2.70. The first-order chi connectivity index (χ1) is 8.15. The van der Waals surface area contributed by atoms with Crippen LogP contribution in [0.25, 0.3) is 10.6 Å². The van der Waals surface area contributed by atoms with Crippen molar-refractivity contribution in [2.24, 2.45) is 5.84 Å². The van der Waals surface area contributed by atoms with Crippen LogP contribution in [0, 0.1) is 12.7 Å². The summed E-state index contributed by atoms with van der Waals surface area (Å²) in [5.74, 6) is 5.16.